The first kappa shape index (κ1) is 23.6. The lowest BCUT2D eigenvalue weighted by molar-refractivity contribution is -0.123. The molecule has 2 aromatic rings. The number of carbonyl (C=O) groups excluding carboxylic acids is 4. The number of phenols is 1. The number of aromatic hydroxyl groups is 1. The van der Waals surface area contributed by atoms with Crippen molar-refractivity contribution < 1.29 is 29.0 Å². The van der Waals surface area contributed by atoms with Gasteiger partial charge >= 0.3 is 0 Å². The number of amides is 2. The predicted octanol–water partition coefficient (Wildman–Crippen LogP) is 4.37. The van der Waals surface area contributed by atoms with E-state index in [1.54, 1.807) is 36.4 Å². The third-order valence-electron chi connectivity index (χ3n) is 7.90. The second-order valence-electron chi connectivity index (χ2n) is 9.63. The minimum absolute atomic E-state index is 0.0755. The Labute approximate surface area is 221 Å². The number of hydrogen-bond donors (Lipinski definition) is 1. The van der Waals surface area contributed by atoms with Crippen molar-refractivity contribution in [3.8, 4) is 11.5 Å². The van der Waals surface area contributed by atoms with Crippen molar-refractivity contribution in [2.24, 2.45) is 17.8 Å². The fourth-order valence-corrected chi connectivity index (χ4v) is 6.82. The highest BCUT2D eigenvalue weighted by Crippen LogP contribution is 2.57. The molecule has 4 atom stereocenters. The van der Waals surface area contributed by atoms with Gasteiger partial charge in [0.25, 0.3) is 0 Å². The molecule has 0 bridgehead atoms. The average Bonchev–Trinajstić information content (AvgIpc) is 3.16. The van der Waals surface area contributed by atoms with Crippen LogP contribution in [0.3, 0.4) is 0 Å². The van der Waals surface area contributed by atoms with Gasteiger partial charge in [0.15, 0.2) is 11.6 Å². The molecule has 37 heavy (non-hydrogen) atoms. The number of fused-ring (bicyclic) bond motifs is 3. The summed E-state index contributed by atoms with van der Waals surface area (Å²) in [6.45, 7) is 0. The summed E-state index contributed by atoms with van der Waals surface area (Å²) in [6.07, 6.45) is 3.65. The first-order chi connectivity index (χ1) is 17.8. The zero-order valence-electron chi connectivity index (χ0n) is 19.8. The van der Waals surface area contributed by atoms with Crippen molar-refractivity contribution in [2.75, 3.05) is 12.0 Å². The van der Waals surface area contributed by atoms with E-state index in [0.29, 0.717) is 29.0 Å². The molecule has 186 valence electrons. The summed E-state index contributed by atoms with van der Waals surface area (Å²) in [5, 5.41) is 11.0. The van der Waals surface area contributed by atoms with Crippen LogP contribution < -0.4 is 9.64 Å². The lowest BCUT2D eigenvalue weighted by Gasteiger charge is -2.42. The number of halogens is 1. The zero-order chi connectivity index (χ0) is 26.0. The second kappa shape index (κ2) is 8.66. The van der Waals surface area contributed by atoms with E-state index >= 15 is 0 Å². The maximum Gasteiger partial charge on any atom is 0.238 e. The zero-order valence-corrected chi connectivity index (χ0v) is 21.4. The molecule has 0 unspecified atom stereocenters. The average molecular weight is 560 g/mol. The number of ether oxygens (including phenoxy) is 1. The molecule has 8 heteroatoms. The van der Waals surface area contributed by atoms with Crippen molar-refractivity contribution in [1.29, 1.82) is 0 Å². The molecule has 1 N–H and O–H groups in total. The van der Waals surface area contributed by atoms with Crippen LogP contribution in [0.4, 0.5) is 5.69 Å². The van der Waals surface area contributed by atoms with Gasteiger partial charge in [-0.2, -0.15) is 0 Å². The summed E-state index contributed by atoms with van der Waals surface area (Å²) in [5.41, 5.74) is 2.22. The Balaban J connectivity index is 1.54. The number of rotatable bonds is 3. The molecule has 2 amide bonds. The normalized spacial score (nSPS) is 26.9. The molecule has 7 nitrogen and oxygen atoms in total. The van der Waals surface area contributed by atoms with Crippen LogP contribution in [0.5, 0.6) is 11.5 Å². The third kappa shape index (κ3) is 3.39. The predicted molar refractivity (Wildman–Crippen MR) is 138 cm³/mol. The topological polar surface area (TPSA) is 101 Å². The van der Waals surface area contributed by atoms with E-state index in [9.17, 15) is 24.3 Å². The van der Waals surface area contributed by atoms with E-state index in [-0.39, 0.29) is 45.6 Å². The van der Waals surface area contributed by atoms with Crippen molar-refractivity contribution in [3.05, 3.63) is 87.4 Å². The number of hydrogen-bond acceptors (Lipinski definition) is 6. The number of ketones is 2. The smallest absolute Gasteiger partial charge is 0.238 e. The third-order valence-corrected chi connectivity index (χ3v) is 8.49. The number of carbonyl (C=O) groups is 4. The van der Waals surface area contributed by atoms with Crippen LogP contribution in [0.25, 0.3) is 0 Å². The number of anilines is 1. The largest absolute Gasteiger partial charge is 0.507 e. The van der Waals surface area contributed by atoms with Gasteiger partial charge in [0.05, 0.1) is 29.1 Å². The molecule has 1 fully saturated rings. The highest BCUT2D eigenvalue weighted by atomic mass is 79.9. The van der Waals surface area contributed by atoms with Gasteiger partial charge in [0, 0.05) is 28.7 Å². The van der Waals surface area contributed by atoms with Gasteiger partial charge in [-0.15, -0.1) is 0 Å². The molecule has 1 aliphatic heterocycles. The van der Waals surface area contributed by atoms with Gasteiger partial charge in [-0.3, -0.25) is 24.1 Å². The van der Waals surface area contributed by atoms with Crippen LogP contribution in [0, 0.1) is 17.8 Å². The van der Waals surface area contributed by atoms with E-state index in [0.717, 1.165) is 5.57 Å². The first-order valence-electron chi connectivity index (χ1n) is 12.0. The molecule has 0 saturated carbocycles. The van der Waals surface area contributed by atoms with E-state index in [2.05, 4.69) is 15.9 Å². The standard InChI is InChI=1S/C29H22BrNO6/c1-37-22-9-5-8-20(32)26(22)25-15-10-11-16-23(29(36)31(28(16)35)14-6-3-2-4-7-14)17(15)12-18-24(25)21(33)13-19(30)27(18)34/h2-10,13,16-17,23,25,32H,11-12H2,1H3/t16-,17+,23-,25-/m0/s1. The summed E-state index contributed by atoms with van der Waals surface area (Å²) in [6, 6.07) is 13.7. The number of phenolic OH excluding ortho intramolecular Hbond substituents is 1. The minimum Gasteiger partial charge on any atom is -0.507 e. The van der Waals surface area contributed by atoms with E-state index in [1.165, 1.54) is 24.2 Å². The van der Waals surface area contributed by atoms with Crippen LogP contribution in [-0.4, -0.2) is 35.6 Å². The van der Waals surface area contributed by atoms with Gasteiger partial charge < -0.3 is 9.84 Å². The Morgan fingerprint density at radius 1 is 0.973 bits per heavy atom. The van der Waals surface area contributed by atoms with Crippen LogP contribution in [0.15, 0.2) is 81.9 Å². The highest BCUT2D eigenvalue weighted by molar-refractivity contribution is 9.12. The maximum atomic E-state index is 13.8. The molecule has 1 saturated heterocycles. The van der Waals surface area contributed by atoms with Gasteiger partial charge in [0.1, 0.15) is 11.5 Å². The molecule has 0 radical (unpaired) electrons. The molecular formula is C29H22BrNO6. The van der Waals surface area contributed by atoms with Crippen molar-refractivity contribution in [3.63, 3.8) is 0 Å². The van der Waals surface area contributed by atoms with Gasteiger partial charge in [-0.05, 0) is 59.0 Å². The SMILES string of the molecule is COc1cccc(O)c1[C@H]1C2=CC[C@@H]3C(=O)N(c4ccccc4)C(=O)[C@@H]3[C@@H]2CC2=C1C(=O)C=C(Br)C2=O. The van der Waals surface area contributed by atoms with Crippen LogP contribution in [-0.2, 0) is 19.2 Å². The summed E-state index contributed by atoms with van der Waals surface area (Å²) in [4.78, 5) is 55.2. The molecule has 6 rings (SSSR count). The number of imide groups is 1. The van der Waals surface area contributed by atoms with Gasteiger partial charge in [-0.25, -0.2) is 0 Å². The fraction of sp³-hybridized carbons (Fsp3) is 0.241. The molecule has 4 aliphatic rings. The number of nitrogens with zero attached hydrogens (tertiary/aromatic N) is 1. The summed E-state index contributed by atoms with van der Waals surface area (Å²) in [7, 11) is 1.47. The quantitative estimate of drug-likeness (QED) is 0.340. The minimum atomic E-state index is -0.784. The molecular weight excluding hydrogens is 538 g/mol. The number of para-hydroxylation sites is 1. The maximum absolute atomic E-state index is 13.8. The van der Waals surface area contributed by atoms with Crippen molar-refractivity contribution in [1.82, 2.24) is 0 Å². The second-order valence-corrected chi connectivity index (χ2v) is 10.5. The van der Waals surface area contributed by atoms with Crippen LogP contribution in [0.2, 0.25) is 0 Å². The number of methoxy groups -OCH3 is 1. The summed E-state index contributed by atoms with van der Waals surface area (Å²) < 4.78 is 5.71. The Hall–Kier alpha value is -3.78. The van der Waals surface area contributed by atoms with E-state index < -0.39 is 23.7 Å². The Morgan fingerprint density at radius 3 is 2.46 bits per heavy atom. The highest BCUT2D eigenvalue weighted by Gasteiger charge is 2.57. The van der Waals surface area contributed by atoms with Crippen LogP contribution in [0.1, 0.15) is 24.3 Å². The van der Waals surface area contributed by atoms with Crippen molar-refractivity contribution >= 4 is 45.0 Å². The molecule has 1 heterocycles. The molecule has 3 aliphatic carbocycles. The van der Waals surface area contributed by atoms with Crippen LogP contribution >= 0.6 is 15.9 Å². The molecule has 2 aromatic carbocycles. The fourth-order valence-electron chi connectivity index (χ4n) is 6.37. The molecule has 0 aromatic heterocycles. The number of allylic oxidation sites excluding steroid dienone is 6. The van der Waals surface area contributed by atoms with Crippen molar-refractivity contribution in [2.45, 2.75) is 18.8 Å². The first-order valence-corrected chi connectivity index (χ1v) is 12.8. The van der Waals surface area contributed by atoms with E-state index in [4.69, 9.17) is 4.74 Å². The Morgan fingerprint density at radius 2 is 1.73 bits per heavy atom. The lowest BCUT2D eigenvalue weighted by atomic mass is 9.59. The Kier molecular flexibility index (Phi) is 5.53. The molecule has 0 spiro atoms. The number of benzene rings is 2. The Bertz CT molecular complexity index is 1490. The monoisotopic (exact) mass is 559 g/mol. The lowest BCUT2D eigenvalue weighted by Crippen LogP contribution is -2.39. The van der Waals surface area contributed by atoms with Gasteiger partial charge in [0.2, 0.25) is 11.8 Å². The summed E-state index contributed by atoms with van der Waals surface area (Å²) in [5.74, 6) is -3.47. The van der Waals surface area contributed by atoms with Gasteiger partial charge in [-0.1, -0.05) is 35.9 Å². The summed E-state index contributed by atoms with van der Waals surface area (Å²) >= 11 is 3.22. The number of Topliss-reactive ketones (excluding diaryl/α,β-unsaturated/α-hetero) is 1. The van der Waals surface area contributed by atoms with E-state index in [1.807, 2.05) is 12.1 Å².